The standard InChI is InChI=1S/C23H22N2/c1-2-6-17(7-3-1)15-25-16-18-10-20(13-22(25)11-18)21-12-19-8-4-5-9-23(19)24-14-21/h1-10,12,14,18,22H,11,13,15-16H2. The number of pyridine rings is 1. The molecule has 1 saturated heterocycles. The van der Waals surface area contributed by atoms with Crippen molar-refractivity contribution in [2.45, 2.75) is 25.4 Å². The van der Waals surface area contributed by atoms with E-state index in [9.17, 15) is 0 Å². The number of benzene rings is 2. The highest BCUT2D eigenvalue weighted by molar-refractivity contribution is 5.82. The van der Waals surface area contributed by atoms with E-state index in [1.165, 1.54) is 35.1 Å². The highest BCUT2D eigenvalue weighted by atomic mass is 15.2. The molecule has 2 heterocycles. The van der Waals surface area contributed by atoms with Crippen molar-refractivity contribution in [3.05, 3.63) is 84.1 Å². The van der Waals surface area contributed by atoms with Crippen molar-refractivity contribution in [2.75, 3.05) is 6.54 Å². The van der Waals surface area contributed by atoms with Crippen molar-refractivity contribution in [2.24, 2.45) is 5.92 Å². The first-order valence-corrected chi connectivity index (χ1v) is 9.19. The summed E-state index contributed by atoms with van der Waals surface area (Å²) in [6.07, 6.45) is 7.01. The van der Waals surface area contributed by atoms with Gasteiger partial charge in [0, 0.05) is 30.7 Å². The molecule has 0 radical (unpaired) electrons. The maximum atomic E-state index is 4.66. The van der Waals surface area contributed by atoms with Crippen LogP contribution in [0.5, 0.6) is 0 Å². The number of fused-ring (bicyclic) bond motifs is 3. The largest absolute Gasteiger partial charge is 0.295 e. The number of hydrogen-bond acceptors (Lipinski definition) is 2. The van der Waals surface area contributed by atoms with Gasteiger partial charge in [-0.25, -0.2) is 0 Å². The molecular weight excluding hydrogens is 304 g/mol. The third-order valence-corrected chi connectivity index (χ3v) is 5.64. The van der Waals surface area contributed by atoms with E-state index >= 15 is 0 Å². The Kier molecular flexibility index (Phi) is 3.64. The van der Waals surface area contributed by atoms with Gasteiger partial charge in [-0.1, -0.05) is 54.6 Å². The van der Waals surface area contributed by atoms with Crippen LogP contribution in [0.3, 0.4) is 0 Å². The van der Waals surface area contributed by atoms with Gasteiger partial charge in [-0.2, -0.15) is 0 Å². The second-order valence-electron chi connectivity index (χ2n) is 7.38. The average Bonchev–Trinajstić information content (AvgIpc) is 2.95. The van der Waals surface area contributed by atoms with Gasteiger partial charge < -0.3 is 0 Å². The highest BCUT2D eigenvalue weighted by Gasteiger charge is 2.35. The predicted octanol–water partition coefficient (Wildman–Crippen LogP) is 4.91. The van der Waals surface area contributed by atoms with E-state index < -0.39 is 0 Å². The minimum Gasteiger partial charge on any atom is -0.295 e. The maximum absolute atomic E-state index is 4.66. The molecule has 0 spiro atoms. The molecule has 1 fully saturated rings. The molecule has 1 aliphatic carbocycles. The Balaban J connectivity index is 1.38. The summed E-state index contributed by atoms with van der Waals surface area (Å²) in [5.41, 5.74) is 5.28. The Morgan fingerprint density at radius 1 is 1.00 bits per heavy atom. The van der Waals surface area contributed by atoms with Gasteiger partial charge in [0.05, 0.1) is 5.52 Å². The van der Waals surface area contributed by atoms with Crippen molar-refractivity contribution >= 4 is 16.5 Å². The quantitative estimate of drug-likeness (QED) is 0.679. The number of hydrogen-bond donors (Lipinski definition) is 0. The van der Waals surface area contributed by atoms with Gasteiger partial charge >= 0.3 is 0 Å². The minimum atomic E-state index is 0.664. The smallest absolute Gasteiger partial charge is 0.0702 e. The van der Waals surface area contributed by atoms with E-state index in [0.29, 0.717) is 12.0 Å². The minimum absolute atomic E-state index is 0.664. The van der Waals surface area contributed by atoms with Crippen LogP contribution in [-0.4, -0.2) is 22.5 Å². The van der Waals surface area contributed by atoms with Crippen LogP contribution in [0.1, 0.15) is 24.0 Å². The molecule has 25 heavy (non-hydrogen) atoms. The van der Waals surface area contributed by atoms with Crippen molar-refractivity contribution in [1.82, 2.24) is 9.88 Å². The summed E-state index contributed by atoms with van der Waals surface area (Å²) in [4.78, 5) is 7.32. The summed E-state index contributed by atoms with van der Waals surface area (Å²) in [5.74, 6) is 0.684. The lowest BCUT2D eigenvalue weighted by molar-refractivity contribution is 0.248. The molecule has 2 heteroatoms. The van der Waals surface area contributed by atoms with Crippen LogP contribution in [0, 0.1) is 5.92 Å². The van der Waals surface area contributed by atoms with Gasteiger partial charge in [-0.05, 0) is 47.6 Å². The van der Waals surface area contributed by atoms with E-state index in [2.05, 4.69) is 82.8 Å². The molecule has 2 atom stereocenters. The fourth-order valence-electron chi connectivity index (χ4n) is 4.44. The van der Waals surface area contributed by atoms with E-state index in [1.807, 2.05) is 0 Å². The Morgan fingerprint density at radius 3 is 2.76 bits per heavy atom. The summed E-state index contributed by atoms with van der Waals surface area (Å²) < 4.78 is 0. The zero-order chi connectivity index (χ0) is 16.6. The van der Waals surface area contributed by atoms with Crippen LogP contribution in [-0.2, 0) is 6.54 Å². The van der Waals surface area contributed by atoms with Crippen LogP contribution in [0.4, 0.5) is 0 Å². The fourth-order valence-corrected chi connectivity index (χ4v) is 4.44. The first kappa shape index (κ1) is 14.9. The molecule has 5 rings (SSSR count). The predicted molar refractivity (Wildman–Crippen MR) is 103 cm³/mol. The molecule has 0 amide bonds. The molecule has 2 unspecified atom stereocenters. The van der Waals surface area contributed by atoms with Gasteiger partial charge in [-0.15, -0.1) is 0 Å². The molecule has 0 N–H and O–H groups in total. The van der Waals surface area contributed by atoms with E-state index in [-0.39, 0.29) is 0 Å². The Bertz CT molecular complexity index is 929. The molecule has 0 saturated carbocycles. The fraction of sp³-hybridized carbons (Fsp3) is 0.261. The third-order valence-electron chi connectivity index (χ3n) is 5.64. The summed E-state index contributed by atoms with van der Waals surface area (Å²) >= 11 is 0. The Morgan fingerprint density at radius 2 is 1.84 bits per heavy atom. The van der Waals surface area contributed by atoms with E-state index in [0.717, 1.165) is 18.5 Å². The first-order chi connectivity index (χ1) is 12.3. The molecule has 1 aliphatic heterocycles. The summed E-state index contributed by atoms with van der Waals surface area (Å²) in [7, 11) is 0. The summed E-state index contributed by atoms with van der Waals surface area (Å²) in [6.45, 7) is 2.25. The second kappa shape index (κ2) is 6.12. The van der Waals surface area contributed by atoms with Crippen LogP contribution >= 0.6 is 0 Å². The number of rotatable bonds is 3. The molecule has 2 bridgehead atoms. The first-order valence-electron chi connectivity index (χ1n) is 9.19. The lowest BCUT2D eigenvalue weighted by Crippen LogP contribution is -2.28. The SMILES string of the molecule is C1=C(c2cnc3ccccc3c2)CC2CC1CN2Cc1ccccc1. The second-order valence-corrected chi connectivity index (χ2v) is 7.38. The normalized spacial score (nSPS) is 23.0. The number of nitrogens with zero attached hydrogens (tertiary/aromatic N) is 2. The Labute approximate surface area is 148 Å². The summed E-state index contributed by atoms with van der Waals surface area (Å²) in [6, 6.07) is 22.2. The Hall–Kier alpha value is -2.45. The van der Waals surface area contributed by atoms with Crippen molar-refractivity contribution in [3.8, 4) is 0 Å². The zero-order valence-electron chi connectivity index (χ0n) is 14.3. The average molecular weight is 326 g/mol. The molecule has 2 aromatic carbocycles. The van der Waals surface area contributed by atoms with Crippen molar-refractivity contribution in [3.63, 3.8) is 0 Å². The van der Waals surface area contributed by atoms with Gasteiger partial charge in [-0.3, -0.25) is 9.88 Å². The summed E-state index contributed by atoms with van der Waals surface area (Å²) in [5, 5.41) is 1.24. The van der Waals surface area contributed by atoms with Crippen molar-refractivity contribution in [1.29, 1.82) is 0 Å². The lowest BCUT2D eigenvalue weighted by atomic mass is 9.87. The molecule has 3 aromatic rings. The number of likely N-dealkylation sites (tertiary alicyclic amines) is 1. The molecule has 124 valence electrons. The number of aromatic nitrogens is 1. The maximum Gasteiger partial charge on any atom is 0.0702 e. The van der Waals surface area contributed by atoms with Crippen LogP contribution < -0.4 is 0 Å². The van der Waals surface area contributed by atoms with Gasteiger partial charge in [0.15, 0.2) is 0 Å². The van der Waals surface area contributed by atoms with Crippen LogP contribution in [0.25, 0.3) is 16.5 Å². The molecule has 2 aliphatic rings. The van der Waals surface area contributed by atoms with Crippen molar-refractivity contribution < 1.29 is 0 Å². The zero-order valence-corrected chi connectivity index (χ0v) is 14.3. The number of para-hydroxylation sites is 1. The monoisotopic (exact) mass is 326 g/mol. The molecular formula is C23H22N2. The highest BCUT2D eigenvalue weighted by Crippen LogP contribution is 2.39. The third kappa shape index (κ3) is 2.87. The van der Waals surface area contributed by atoms with Crippen LogP contribution in [0.15, 0.2) is 72.9 Å². The van der Waals surface area contributed by atoms with Gasteiger partial charge in [0.25, 0.3) is 0 Å². The van der Waals surface area contributed by atoms with Gasteiger partial charge in [0.1, 0.15) is 0 Å². The van der Waals surface area contributed by atoms with E-state index in [1.54, 1.807) is 0 Å². The lowest BCUT2D eigenvalue weighted by Gasteiger charge is -2.25. The molecule has 1 aromatic heterocycles. The van der Waals surface area contributed by atoms with Crippen LogP contribution in [0.2, 0.25) is 0 Å². The molecule has 2 nitrogen and oxygen atoms in total. The van der Waals surface area contributed by atoms with Gasteiger partial charge in [0.2, 0.25) is 0 Å². The van der Waals surface area contributed by atoms with E-state index in [4.69, 9.17) is 0 Å². The topological polar surface area (TPSA) is 16.1 Å².